The van der Waals surface area contributed by atoms with Crippen LogP contribution < -0.4 is 11.5 Å². The normalized spacial score (nSPS) is 11.1. The number of nitrogens with two attached hydrogens (primary N) is 2. The van der Waals surface area contributed by atoms with E-state index in [1.807, 2.05) is 0 Å². The van der Waals surface area contributed by atoms with E-state index in [0.29, 0.717) is 44.0 Å². The first kappa shape index (κ1) is 12.1. The van der Waals surface area contributed by atoms with Crippen molar-refractivity contribution in [2.24, 2.45) is 0 Å². The summed E-state index contributed by atoms with van der Waals surface area (Å²) < 4.78 is 5.64. The smallest absolute Gasteiger partial charge is 0.229 e. The Bertz CT molecular complexity index is 783. The Kier molecular flexibility index (Phi) is 2.77. The highest BCUT2D eigenvalue weighted by atomic mass is 35.5. The molecule has 0 unspecified atom stereocenters. The summed E-state index contributed by atoms with van der Waals surface area (Å²) in [6, 6.07) is 8.40. The Balaban J connectivity index is 2.26. The number of aromatic nitrogens is 1. The van der Waals surface area contributed by atoms with Crippen molar-refractivity contribution in [3.05, 3.63) is 40.4 Å². The summed E-state index contributed by atoms with van der Waals surface area (Å²) in [6.45, 7) is 0. The Labute approximate surface area is 118 Å². The fourth-order valence-electron chi connectivity index (χ4n) is 1.83. The Morgan fingerprint density at radius 3 is 2.63 bits per heavy atom. The maximum absolute atomic E-state index is 6.06. The van der Waals surface area contributed by atoms with Crippen LogP contribution in [0.4, 0.5) is 11.4 Å². The molecule has 0 radical (unpaired) electrons. The third kappa shape index (κ3) is 2.09. The summed E-state index contributed by atoms with van der Waals surface area (Å²) in [7, 11) is 0. The standard InChI is InChI=1S/C13H9Cl2N3O/c14-6-3-9(15)12-11(4-6)18-13(19-12)8-5-7(16)1-2-10(8)17/h1-5H,16-17H2. The van der Waals surface area contributed by atoms with Crippen molar-refractivity contribution in [3.63, 3.8) is 0 Å². The van der Waals surface area contributed by atoms with Gasteiger partial charge in [0.25, 0.3) is 0 Å². The van der Waals surface area contributed by atoms with E-state index in [1.165, 1.54) is 0 Å². The first-order valence-corrected chi connectivity index (χ1v) is 6.21. The van der Waals surface area contributed by atoms with Gasteiger partial charge in [-0.15, -0.1) is 0 Å². The summed E-state index contributed by atoms with van der Waals surface area (Å²) in [5.74, 6) is 0.365. The molecule has 0 atom stereocenters. The summed E-state index contributed by atoms with van der Waals surface area (Å²) in [5, 5.41) is 0.904. The maximum Gasteiger partial charge on any atom is 0.229 e. The van der Waals surface area contributed by atoms with Crippen molar-refractivity contribution in [2.75, 3.05) is 11.5 Å². The van der Waals surface area contributed by atoms with E-state index in [0.717, 1.165) is 0 Å². The van der Waals surface area contributed by atoms with Crippen molar-refractivity contribution < 1.29 is 4.42 Å². The first-order chi connectivity index (χ1) is 9.04. The molecule has 0 fully saturated rings. The molecule has 1 heterocycles. The molecule has 3 aromatic rings. The molecule has 0 amide bonds. The van der Waals surface area contributed by atoms with Crippen molar-refractivity contribution in [1.29, 1.82) is 0 Å². The highest BCUT2D eigenvalue weighted by Gasteiger charge is 2.14. The molecular formula is C13H9Cl2N3O. The zero-order chi connectivity index (χ0) is 13.6. The molecule has 0 aliphatic heterocycles. The van der Waals surface area contributed by atoms with E-state index in [4.69, 9.17) is 39.1 Å². The van der Waals surface area contributed by atoms with Gasteiger partial charge in [-0.1, -0.05) is 23.2 Å². The fraction of sp³-hybridized carbons (Fsp3) is 0. The van der Waals surface area contributed by atoms with Crippen LogP contribution in [0.15, 0.2) is 34.7 Å². The molecule has 4 N–H and O–H groups in total. The van der Waals surface area contributed by atoms with Crippen molar-refractivity contribution >= 4 is 45.7 Å². The van der Waals surface area contributed by atoms with Gasteiger partial charge in [-0.2, -0.15) is 0 Å². The number of fused-ring (bicyclic) bond motifs is 1. The molecule has 3 rings (SSSR count). The van der Waals surface area contributed by atoms with Gasteiger partial charge in [0, 0.05) is 16.4 Å². The lowest BCUT2D eigenvalue weighted by molar-refractivity contribution is 0.620. The molecular weight excluding hydrogens is 285 g/mol. The van der Waals surface area contributed by atoms with Crippen LogP contribution in [0.5, 0.6) is 0 Å². The molecule has 0 saturated heterocycles. The number of hydrogen-bond donors (Lipinski definition) is 2. The van der Waals surface area contributed by atoms with E-state index in [9.17, 15) is 0 Å². The lowest BCUT2D eigenvalue weighted by Gasteiger charge is -2.01. The average molecular weight is 294 g/mol. The number of oxazole rings is 1. The summed E-state index contributed by atoms with van der Waals surface area (Å²) >= 11 is 12.0. The quantitative estimate of drug-likeness (QED) is 0.666. The van der Waals surface area contributed by atoms with Gasteiger partial charge in [0.05, 0.1) is 10.6 Å². The Morgan fingerprint density at radius 1 is 1.05 bits per heavy atom. The highest BCUT2D eigenvalue weighted by Crippen LogP contribution is 2.34. The van der Waals surface area contributed by atoms with Crippen LogP contribution in [-0.4, -0.2) is 4.98 Å². The summed E-state index contributed by atoms with van der Waals surface area (Å²) in [6.07, 6.45) is 0. The molecule has 6 heteroatoms. The average Bonchev–Trinajstić information content (AvgIpc) is 2.76. The predicted molar refractivity (Wildman–Crippen MR) is 78.3 cm³/mol. The molecule has 0 bridgehead atoms. The van der Waals surface area contributed by atoms with Gasteiger partial charge < -0.3 is 15.9 Å². The third-order valence-electron chi connectivity index (χ3n) is 2.72. The van der Waals surface area contributed by atoms with Gasteiger partial charge >= 0.3 is 0 Å². The van der Waals surface area contributed by atoms with Crippen molar-refractivity contribution in [3.8, 4) is 11.5 Å². The number of nitrogens with zero attached hydrogens (tertiary/aromatic N) is 1. The number of halogens is 2. The van der Waals surface area contributed by atoms with Gasteiger partial charge in [0.1, 0.15) is 5.52 Å². The molecule has 2 aromatic carbocycles. The van der Waals surface area contributed by atoms with Crippen LogP contribution in [0, 0.1) is 0 Å². The zero-order valence-corrected chi connectivity index (χ0v) is 11.2. The molecule has 96 valence electrons. The van der Waals surface area contributed by atoms with Crippen molar-refractivity contribution in [1.82, 2.24) is 4.98 Å². The van der Waals surface area contributed by atoms with Crippen LogP contribution in [0.3, 0.4) is 0 Å². The van der Waals surface area contributed by atoms with E-state index in [-0.39, 0.29) is 0 Å². The second-order valence-corrected chi connectivity index (χ2v) is 4.95. The van der Waals surface area contributed by atoms with Crippen LogP contribution in [0.2, 0.25) is 10.0 Å². The highest BCUT2D eigenvalue weighted by molar-refractivity contribution is 6.38. The molecule has 0 aliphatic carbocycles. The lowest BCUT2D eigenvalue weighted by atomic mass is 10.1. The maximum atomic E-state index is 6.06. The Morgan fingerprint density at radius 2 is 1.84 bits per heavy atom. The molecule has 0 aliphatic rings. The molecule has 4 nitrogen and oxygen atoms in total. The first-order valence-electron chi connectivity index (χ1n) is 5.45. The fourth-order valence-corrected chi connectivity index (χ4v) is 2.36. The summed E-state index contributed by atoms with van der Waals surface area (Å²) in [5.41, 5.74) is 14.4. The Hall–Kier alpha value is -1.91. The van der Waals surface area contributed by atoms with Crippen LogP contribution >= 0.6 is 23.2 Å². The predicted octanol–water partition coefficient (Wildman–Crippen LogP) is 3.97. The van der Waals surface area contributed by atoms with Gasteiger partial charge in [0.15, 0.2) is 5.58 Å². The van der Waals surface area contributed by atoms with Gasteiger partial charge in [-0.3, -0.25) is 0 Å². The SMILES string of the molecule is Nc1ccc(N)c(-c2nc3cc(Cl)cc(Cl)c3o2)c1. The second kappa shape index (κ2) is 4.33. The van der Waals surface area contributed by atoms with Crippen LogP contribution in [-0.2, 0) is 0 Å². The van der Waals surface area contributed by atoms with Gasteiger partial charge in [-0.05, 0) is 30.3 Å². The number of nitrogen functional groups attached to an aromatic ring is 2. The zero-order valence-electron chi connectivity index (χ0n) is 9.65. The number of benzene rings is 2. The molecule has 1 aromatic heterocycles. The van der Waals surface area contributed by atoms with Gasteiger partial charge in [0.2, 0.25) is 5.89 Å². The minimum Gasteiger partial charge on any atom is -0.434 e. The molecule has 0 spiro atoms. The second-order valence-electron chi connectivity index (χ2n) is 4.10. The number of hydrogen-bond acceptors (Lipinski definition) is 4. The third-order valence-corrected chi connectivity index (χ3v) is 3.22. The number of anilines is 2. The largest absolute Gasteiger partial charge is 0.434 e. The van der Waals surface area contributed by atoms with E-state index >= 15 is 0 Å². The van der Waals surface area contributed by atoms with Gasteiger partial charge in [-0.25, -0.2) is 4.98 Å². The monoisotopic (exact) mass is 293 g/mol. The summed E-state index contributed by atoms with van der Waals surface area (Å²) in [4.78, 5) is 4.34. The van der Waals surface area contributed by atoms with E-state index in [2.05, 4.69) is 4.98 Å². The van der Waals surface area contributed by atoms with E-state index in [1.54, 1.807) is 30.3 Å². The minimum atomic E-state index is 0.365. The minimum absolute atomic E-state index is 0.365. The van der Waals surface area contributed by atoms with Crippen molar-refractivity contribution in [2.45, 2.75) is 0 Å². The lowest BCUT2D eigenvalue weighted by Crippen LogP contribution is -1.92. The number of rotatable bonds is 1. The molecule has 0 saturated carbocycles. The van der Waals surface area contributed by atoms with E-state index < -0.39 is 0 Å². The van der Waals surface area contributed by atoms with Crippen LogP contribution in [0.25, 0.3) is 22.6 Å². The molecule has 19 heavy (non-hydrogen) atoms. The topological polar surface area (TPSA) is 78.1 Å². The van der Waals surface area contributed by atoms with Crippen LogP contribution in [0.1, 0.15) is 0 Å².